The zero-order valence-corrected chi connectivity index (χ0v) is 16.7. The van der Waals surface area contributed by atoms with Crippen molar-refractivity contribution < 1.29 is 24.2 Å². The number of nitrogens with zero attached hydrogens (tertiary/aromatic N) is 1. The van der Waals surface area contributed by atoms with E-state index in [1.54, 1.807) is 30.3 Å². The van der Waals surface area contributed by atoms with E-state index in [-0.39, 0.29) is 37.3 Å². The lowest BCUT2D eigenvalue weighted by atomic mass is 10.2. The van der Waals surface area contributed by atoms with Gasteiger partial charge in [-0.1, -0.05) is 36.1 Å². The Morgan fingerprint density at radius 2 is 2.07 bits per heavy atom. The number of thioether (sulfide) groups is 1. The molecule has 0 bridgehead atoms. The van der Waals surface area contributed by atoms with E-state index < -0.39 is 0 Å². The first-order chi connectivity index (χ1) is 14.0. The van der Waals surface area contributed by atoms with Gasteiger partial charge in [-0.05, 0) is 35.9 Å². The molecule has 148 valence electrons. The fourth-order valence-corrected chi connectivity index (χ4v) is 4.18. The molecule has 0 aliphatic carbocycles. The van der Waals surface area contributed by atoms with E-state index in [2.05, 4.69) is 5.32 Å². The van der Waals surface area contributed by atoms with Crippen LogP contribution in [0.1, 0.15) is 12.0 Å². The van der Waals surface area contributed by atoms with Crippen LogP contribution in [0.4, 0.5) is 5.69 Å². The van der Waals surface area contributed by atoms with E-state index in [1.165, 1.54) is 28.8 Å². The molecule has 4 rings (SSSR count). The van der Waals surface area contributed by atoms with E-state index in [1.807, 2.05) is 6.07 Å². The van der Waals surface area contributed by atoms with Crippen LogP contribution in [0.3, 0.4) is 0 Å². The summed E-state index contributed by atoms with van der Waals surface area (Å²) in [6, 6.07) is 11.7. The fraction of sp³-hybridized carbons (Fsp3) is 0.150. The highest BCUT2D eigenvalue weighted by Crippen LogP contribution is 2.36. The number of phenolic OH excluding ortho intramolecular Hbond substituents is 1. The molecule has 2 heterocycles. The van der Waals surface area contributed by atoms with Crippen molar-refractivity contribution in [2.75, 3.05) is 18.7 Å². The number of thiocarbonyl (C=S) groups is 1. The topological polar surface area (TPSA) is 88.1 Å². The Kier molecular flexibility index (Phi) is 5.41. The van der Waals surface area contributed by atoms with Gasteiger partial charge in [0.1, 0.15) is 10.1 Å². The number of ether oxygens (including phenoxy) is 2. The second kappa shape index (κ2) is 8.14. The summed E-state index contributed by atoms with van der Waals surface area (Å²) in [6.07, 6.45) is 1.83. The van der Waals surface area contributed by atoms with Gasteiger partial charge in [-0.15, -0.1) is 0 Å². The molecule has 2 aromatic rings. The number of anilines is 1. The van der Waals surface area contributed by atoms with Gasteiger partial charge in [0.05, 0.1) is 4.91 Å². The molecule has 0 radical (unpaired) electrons. The van der Waals surface area contributed by atoms with Gasteiger partial charge in [0.15, 0.2) is 11.5 Å². The molecule has 2 aliphatic heterocycles. The largest absolute Gasteiger partial charge is 0.508 e. The van der Waals surface area contributed by atoms with Gasteiger partial charge in [-0.3, -0.25) is 14.5 Å². The van der Waals surface area contributed by atoms with E-state index >= 15 is 0 Å². The number of fused-ring (bicyclic) bond motifs is 1. The Labute approximate surface area is 176 Å². The number of nitrogens with one attached hydrogen (secondary N) is 1. The summed E-state index contributed by atoms with van der Waals surface area (Å²) in [6.45, 7) is 0.360. The molecule has 1 saturated heterocycles. The highest BCUT2D eigenvalue weighted by molar-refractivity contribution is 8.26. The van der Waals surface area contributed by atoms with Gasteiger partial charge in [0, 0.05) is 24.7 Å². The molecule has 1 fully saturated rings. The second-order valence-corrected chi connectivity index (χ2v) is 7.97. The molecule has 2 N–H and O–H groups in total. The van der Waals surface area contributed by atoms with Crippen LogP contribution in [0.5, 0.6) is 17.2 Å². The van der Waals surface area contributed by atoms with Gasteiger partial charge in [0.25, 0.3) is 5.91 Å². The summed E-state index contributed by atoms with van der Waals surface area (Å²) in [5.41, 5.74) is 1.29. The molecule has 0 saturated carbocycles. The number of carbonyl (C=O) groups excluding carboxylic acids is 2. The van der Waals surface area contributed by atoms with Crippen LogP contribution in [-0.2, 0) is 9.59 Å². The molecule has 7 nitrogen and oxygen atoms in total. The summed E-state index contributed by atoms with van der Waals surface area (Å²) in [5, 5.41) is 12.1. The second-order valence-electron chi connectivity index (χ2n) is 6.29. The van der Waals surface area contributed by atoms with E-state index in [9.17, 15) is 14.7 Å². The standard InChI is InChI=1S/C20H16N2O5S2/c23-14-3-1-2-13(10-14)21-18(24)6-7-22-19(25)17(29-20(22)28)9-12-4-5-15-16(8-12)27-11-26-15/h1-5,8-10,23H,6-7,11H2,(H,21,24). The lowest BCUT2D eigenvalue weighted by Crippen LogP contribution is -2.31. The minimum Gasteiger partial charge on any atom is -0.508 e. The lowest BCUT2D eigenvalue weighted by Gasteiger charge is -2.14. The van der Waals surface area contributed by atoms with Gasteiger partial charge >= 0.3 is 0 Å². The van der Waals surface area contributed by atoms with Crippen molar-refractivity contribution in [3.63, 3.8) is 0 Å². The van der Waals surface area contributed by atoms with Crippen molar-refractivity contribution in [2.24, 2.45) is 0 Å². The van der Waals surface area contributed by atoms with E-state index in [0.29, 0.717) is 26.4 Å². The summed E-state index contributed by atoms with van der Waals surface area (Å²) in [5.74, 6) is 0.867. The van der Waals surface area contributed by atoms with Crippen LogP contribution in [0.15, 0.2) is 47.4 Å². The van der Waals surface area contributed by atoms with Gasteiger partial charge in [-0.25, -0.2) is 0 Å². The van der Waals surface area contributed by atoms with Crippen molar-refractivity contribution in [3.8, 4) is 17.2 Å². The van der Waals surface area contributed by atoms with Crippen molar-refractivity contribution in [1.29, 1.82) is 0 Å². The first kappa shape index (κ1) is 19.3. The van der Waals surface area contributed by atoms with Crippen LogP contribution < -0.4 is 14.8 Å². The minimum atomic E-state index is -0.274. The third-order valence-corrected chi connectivity index (χ3v) is 5.64. The maximum absolute atomic E-state index is 12.7. The Balaban J connectivity index is 1.38. The van der Waals surface area contributed by atoms with Crippen molar-refractivity contribution in [2.45, 2.75) is 6.42 Å². The average Bonchev–Trinajstić information content (AvgIpc) is 3.24. The molecule has 0 spiro atoms. The molecule has 2 aliphatic rings. The first-order valence-electron chi connectivity index (χ1n) is 8.73. The van der Waals surface area contributed by atoms with Gasteiger partial charge in [0.2, 0.25) is 12.7 Å². The minimum absolute atomic E-state index is 0.0633. The highest BCUT2D eigenvalue weighted by Gasteiger charge is 2.32. The average molecular weight is 428 g/mol. The Bertz CT molecular complexity index is 1040. The smallest absolute Gasteiger partial charge is 0.266 e. The first-order valence-corrected chi connectivity index (χ1v) is 9.96. The van der Waals surface area contributed by atoms with Crippen LogP contribution >= 0.6 is 24.0 Å². The monoisotopic (exact) mass is 428 g/mol. The number of rotatable bonds is 5. The van der Waals surface area contributed by atoms with Crippen molar-refractivity contribution >= 4 is 51.9 Å². The van der Waals surface area contributed by atoms with Gasteiger partial charge < -0.3 is 19.9 Å². The third-order valence-electron chi connectivity index (χ3n) is 4.26. The summed E-state index contributed by atoms with van der Waals surface area (Å²) >= 11 is 6.51. The van der Waals surface area contributed by atoms with Crippen LogP contribution in [0.25, 0.3) is 6.08 Å². The third kappa shape index (κ3) is 4.36. The number of amides is 2. The van der Waals surface area contributed by atoms with Crippen LogP contribution in [-0.4, -0.2) is 39.5 Å². The molecule has 0 aromatic heterocycles. The molecular weight excluding hydrogens is 412 g/mol. The summed E-state index contributed by atoms with van der Waals surface area (Å²) < 4.78 is 11.0. The number of hydrogen-bond donors (Lipinski definition) is 2. The normalized spacial score (nSPS) is 16.6. The fourth-order valence-electron chi connectivity index (χ4n) is 2.87. The number of aromatic hydroxyl groups is 1. The van der Waals surface area contributed by atoms with Gasteiger partial charge in [-0.2, -0.15) is 0 Å². The zero-order valence-electron chi connectivity index (χ0n) is 15.1. The SMILES string of the molecule is O=C(CCN1C(=O)C(=Cc2ccc3c(c2)OCO3)SC1=S)Nc1cccc(O)c1. The molecule has 2 amide bonds. The molecule has 0 unspecified atom stereocenters. The number of hydrogen-bond acceptors (Lipinski definition) is 7. The zero-order chi connectivity index (χ0) is 20.4. The lowest BCUT2D eigenvalue weighted by molar-refractivity contribution is -0.122. The van der Waals surface area contributed by atoms with Crippen molar-refractivity contribution in [1.82, 2.24) is 4.90 Å². The quantitative estimate of drug-likeness (QED) is 0.558. The predicted octanol–water partition coefficient (Wildman–Crippen LogP) is 3.35. The predicted molar refractivity (Wildman–Crippen MR) is 114 cm³/mol. The van der Waals surface area contributed by atoms with E-state index in [0.717, 1.165) is 5.56 Å². The maximum atomic E-state index is 12.7. The number of carbonyl (C=O) groups is 2. The molecule has 29 heavy (non-hydrogen) atoms. The van der Waals surface area contributed by atoms with E-state index in [4.69, 9.17) is 21.7 Å². The maximum Gasteiger partial charge on any atom is 0.266 e. The summed E-state index contributed by atoms with van der Waals surface area (Å²) in [4.78, 5) is 26.8. The van der Waals surface area contributed by atoms with Crippen molar-refractivity contribution in [3.05, 3.63) is 52.9 Å². The Hall–Kier alpha value is -3.04. The highest BCUT2D eigenvalue weighted by atomic mass is 32.2. The van der Waals surface area contributed by atoms with Crippen LogP contribution in [0, 0.1) is 0 Å². The number of phenols is 1. The molecule has 0 atom stereocenters. The Morgan fingerprint density at radius 1 is 1.24 bits per heavy atom. The molecular formula is C20H16N2O5S2. The molecule has 9 heteroatoms. The van der Waals surface area contributed by atoms with Crippen LogP contribution in [0.2, 0.25) is 0 Å². The Morgan fingerprint density at radius 3 is 2.90 bits per heavy atom. The molecule has 2 aromatic carbocycles. The number of benzene rings is 2. The summed E-state index contributed by atoms with van der Waals surface area (Å²) in [7, 11) is 0.